The Morgan fingerprint density at radius 3 is 2.18 bits per heavy atom. The smallest absolute Gasteiger partial charge is 0.216 e. The fourth-order valence-electron chi connectivity index (χ4n) is 4.59. The first kappa shape index (κ1) is 21.0. The largest absolute Gasteiger partial charge is 0.454 e. The Kier molecular flexibility index (Phi) is 4.83. The van der Waals surface area contributed by atoms with Crippen LogP contribution in [0.25, 0.3) is 44.3 Å². The maximum absolute atomic E-state index is 9.84. The van der Waals surface area contributed by atoms with Crippen LogP contribution in [-0.4, -0.2) is 0 Å². The van der Waals surface area contributed by atoms with E-state index >= 15 is 0 Å². The van der Waals surface area contributed by atoms with E-state index in [4.69, 9.17) is 4.42 Å². The first-order valence-electron chi connectivity index (χ1n) is 11.2. The summed E-state index contributed by atoms with van der Waals surface area (Å²) in [6.45, 7) is 8.83. The lowest BCUT2D eigenvalue weighted by atomic mass is 9.86. The molecule has 0 atom stereocenters. The van der Waals surface area contributed by atoms with Crippen LogP contribution in [-0.2, 0) is 12.5 Å². The highest BCUT2D eigenvalue weighted by Crippen LogP contribution is 2.42. The van der Waals surface area contributed by atoms with Gasteiger partial charge in [0, 0.05) is 28.5 Å². The van der Waals surface area contributed by atoms with Crippen molar-refractivity contribution in [1.29, 1.82) is 5.26 Å². The molecule has 5 rings (SSSR count). The summed E-state index contributed by atoms with van der Waals surface area (Å²) in [5.74, 6) is 0. The molecule has 2 heterocycles. The summed E-state index contributed by atoms with van der Waals surface area (Å²) < 4.78 is 8.82. The van der Waals surface area contributed by atoms with Crippen molar-refractivity contribution in [3.8, 4) is 28.5 Å². The minimum atomic E-state index is 0.0425. The Hall–Kier alpha value is -3.90. The van der Waals surface area contributed by atoms with E-state index < -0.39 is 0 Å². The van der Waals surface area contributed by atoms with Gasteiger partial charge in [-0.25, -0.2) is 4.57 Å². The molecule has 0 aliphatic rings. The summed E-state index contributed by atoms with van der Waals surface area (Å²) in [6, 6.07) is 25.0. The van der Waals surface area contributed by atoms with Crippen LogP contribution in [0, 0.1) is 18.3 Å². The number of benzene rings is 3. The second kappa shape index (κ2) is 7.60. The summed E-state index contributed by atoms with van der Waals surface area (Å²) in [4.78, 5) is 0. The van der Waals surface area contributed by atoms with Gasteiger partial charge < -0.3 is 4.42 Å². The van der Waals surface area contributed by atoms with Gasteiger partial charge >= 0.3 is 0 Å². The highest BCUT2D eigenvalue weighted by Gasteiger charge is 2.25. The third-order valence-electron chi connectivity index (χ3n) is 6.47. The first-order chi connectivity index (χ1) is 15.8. The third kappa shape index (κ3) is 3.39. The van der Waals surface area contributed by atoms with E-state index in [1.165, 1.54) is 5.56 Å². The van der Waals surface area contributed by atoms with Gasteiger partial charge in [-0.05, 0) is 41.2 Å². The van der Waals surface area contributed by atoms with E-state index in [9.17, 15) is 5.26 Å². The van der Waals surface area contributed by atoms with E-state index in [1.807, 2.05) is 42.5 Å². The summed E-state index contributed by atoms with van der Waals surface area (Å²) >= 11 is 0. The van der Waals surface area contributed by atoms with Gasteiger partial charge in [-0.1, -0.05) is 63.2 Å². The fraction of sp³-hybridized carbons (Fsp3) is 0.200. The minimum absolute atomic E-state index is 0.0425. The average molecular weight is 432 g/mol. The number of furan rings is 1. The zero-order chi connectivity index (χ0) is 23.3. The normalized spacial score (nSPS) is 11.8. The number of nitriles is 1. The molecule has 162 valence electrons. The molecular weight excluding hydrogens is 404 g/mol. The lowest BCUT2D eigenvalue weighted by molar-refractivity contribution is -0.660. The molecule has 0 amide bonds. The summed E-state index contributed by atoms with van der Waals surface area (Å²) in [5, 5.41) is 11.9. The Bertz CT molecular complexity index is 1560. The molecular formula is C30H27N2O+. The van der Waals surface area contributed by atoms with Crippen LogP contribution in [0.3, 0.4) is 0 Å². The number of hydrogen-bond donors (Lipinski definition) is 0. The minimum Gasteiger partial charge on any atom is -0.454 e. The highest BCUT2D eigenvalue weighted by atomic mass is 16.3. The van der Waals surface area contributed by atoms with Gasteiger partial charge in [0.05, 0.1) is 17.2 Å². The van der Waals surface area contributed by atoms with Crippen LogP contribution >= 0.6 is 0 Å². The van der Waals surface area contributed by atoms with Crippen LogP contribution in [0.15, 0.2) is 77.3 Å². The average Bonchev–Trinajstić information content (AvgIpc) is 3.17. The van der Waals surface area contributed by atoms with Crippen LogP contribution < -0.4 is 4.57 Å². The zero-order valence-electron chi connectivity index (χ0n) is 19.7. The fourth-order valence-corrected chi connectivity index (χ4v) is 4.59. The Morgan fingerprint density at radius 1 is 0.848 bits per heavy atom. The SMILES string of the molecule is Cc1ccc2c(oc3c(-c4ccccc4)c(C#N)ccc32)c1-c1cc(C(C)(C)C)cc[n+]1C. The standard InChI is InChI=1S/C30H27N2O/c1-19-11-13-23-24-14-12-21(18-31)27(20-9-7-6-8-10-20)29(24)33-28(23)26(19)25-17-22(30(2,3)4)15-16-32(25)5/h6-17H,1-5H3/q+1. The molecule has 0 bridgehead atoms. The van der Waals surface area contributed by atoms with Crippen molar-refractivity contribution in [3.63, 3.8) is 0 Å². The molecule has 0 fully saturated rings. The second-order valence-corrected chi connectivity index (χ2v) is 9.74. The van der Waals surface area contributed by atoms with Crippen molar-refractivity contribution in [1.82, 2.24) is 0 Å². The Balaban J connectivity index is 1.89. The van der Waals surface area contributed by atoms with E-state index in [0.29, 0.717) is 5.56 Å². The molecule has 0 unspecified atom stereocenters. The monoisotopic (exact) mass is 431 g/mol. The number of fused-ring (bicyclic) bond motifs is 3. The molecule has 3 nitrogen and oxygen atoms in total. The molecule has 0 spiro atoms. The van der Waals surface area contributed by atoms with Crippen molar-refractivity contribution in [2.75, 3.05) is 0 Å². The van der Waals surface area contributed by atoms with Crippen LogP contribution in [0.4, 0.5) is 0 Å². The number of hydrogen-bond acceptors (Lipinski definition) is 2. The maximum atomic E-state index is 9.84. The van der Waals surface area contributed by atoms with Gasteiger partial charge in [-0.15, -0.1) is 0 Å². The van der Waals surface area contributed by atoms with E-state index in [1.54, 1.807) is 0 Å². The topological polar surface area (TPSA) is 40.8 Å². The predicted molar refractivity (Wildman–Crippen MR) is 134 cm³/mol. The maximum Gasteiger partial charge on any atom is 0.216 e. The third-order valence-corrected chi connectivity index (χ3v) is 6.47. The van der Waals surface area contributed by atoms with Crippen LogP contribution in [0.1, 0.15) is 37.5 Å². The molecule has 0 saturated carbocycles. The van der Waals surface area contributed by atoms with Gasteiger partial charge in [-0.3, -0.25) is 0 Å². The van der Waals surface area contributed by atoms with Gasteiger partial charge in [-0.2, -0.15) is 5.26 Å². The molecule has 2 aromatic heterocycles. The molecule has 0 radical (unpaired) electrons. The molecule has 3 aromatic carbocycles. The van der Waals surface area contributed by atoms with Crippen molar-refractivity contribution in [3.05, 3.63) is 89.6 Å². The van der Waals surface area contributed by atoms with Gasteiger partial charge in [0.1, 0.15) is 18.2 Å². The molecule has 5 aromatic rings. The molecule has 0 saturated heterocycles. The highest BCUT2D eigenvalue weighted by molar-refractivity contribution is 6.14. The van der Waals surface area contributed by atoms with Crippen LogP contribution in [0.2, 0.25) is 0 Å². The number of aryl methyl sites for hydroxylation is 2. The Labute approximate surface area is 194 Å². The quantitative estimate of drug-likeness (QED) is 0.277. The molecule has 0 aliphatic heterocycles. The van der Waals surface area contributed by atoms with Crippen LogP contribution in [0.5, 0.6) is 0 Å². The number of pyridine rings is 1. The molecule has 0 aliphatic carbocycles. The van der Waals surface area contributed by atoms with Crippen molar-refractivity contribution in [2.24, 2.45) is 7.05 Å². The van der Waals surface area contributed by atoms with Gasteiger partial charge in [0.25, 0.3) is 0 Å². The van der Waals surface area contributed by atoms with E-state index in [2.05, 4.69) is 75.8 Å². The summed E-state index contributed by atoms with van der Waals surface area (Å²) in [6.07, 6.45) is 2.13. The number of nitrogens with zero attached hydrogens (tertiary/aromatic N) is 2. The van der Waals surface area contributed by atoms with Crippen molar-refractivity contribution < 1.29 is 8.98 Å². The van der Waals surface area contributed by atoms with Crippen molar-refractivity contribution >= 4 is 21.9 Å². The van der Waals surface area contributed by atoms with E-state index in [0.717, 1.165) is 49.9 Å². The molecule has 33 heavy (non-hydrogen) atoms. The Morgan fingerprint density at radius 2 is 1.52 bits per heavy atom. The zero-order valence-corrected chi connectivity index (χ0v) is 19.7. The molecule has 3 heteroatoms. The number of rotatable bonds is 2. The predicted octanol–water partition coefficient (Wildman–Crippen LogP) is 7.22. The molecule has 0 N–H and O–H groups in total. The van der Waals surface area contributed by atoms with Crippen molar-refractivity contribution in [2.45, 2.75) is 33.1 Å². The first-order valence-corrected chi connectivity index (χ1v) is 11.2. The summed E-state index contributed by atoms with van der Waals surface area (Å²) in [5.41, 5.74) is 8.76. The number of aromatic nitrogens is 1. The second-order valence-electron chi connectivity index (χ2n) is 9.74. The van der Waals surface area contributed by atoms with Gasteiger partial charge in [0.15, 0.2) is 6.20 Å². The summed E-state index contributed by atoms with van der Waals surface area (Å²) in [7, 11) is 2.08. The lowest BCUT2D eigenvalue weighted by Gasteiger charge is -2.19. The van der Waals surface area contributed by atoms with E-state index in [-0.39, 0.29) is 5.41 Å². The van der Waals surface area contributed by atoms with Gasteiger partial charge in [0.2, 0.25) is 5.69 Å². The lowest BCUT2D eigenvalue weighted by Crippen LogP contribution is -2.32.